The Bertz CT molecular complexity index is 615. The van der Waals surface area contributed by atoms with Crippen LogP contribution in [0.1, 0.15) is 37.8 Å². The molecule has 4 heteroatoms. The quantitative estimate of drug-likeness (QED) is 0.888. The van der Waals surface area contributed by atoms with Crippen LogP contribution in [0.5, 0.6) is 0 Å². The van der Waals surface area contributed by atoms with Gasteiger partial charge in [0.15, 0.2) is 0 Å². The smallest absolute Gasteiger partial charge is 0.129 e. The molecule has 3 nitrogen and oxygen atoms in total. The molecule has 2 unspecified atom stereocenters. The molecule has 1 fully saturated rings. The van der Waals surface area contributed by atoms with E-state index in [0.717, 1.165) is 21.4 Å². The molecule has 2 N–H and O–H groups in total. The van der Waals surface area contributed by atoms with Crippen LogP contribution in [-0.2, 0) is 7.05 Å². The van der Waals surface area contributed by atoms with Gasteiger partial charge in [0.25, 0.3) is 0 Å². The van der Waals surface area contributed by atoms with E-state index < -0.39 is 0 Å². The number of benzene rings is 1. The Kier molecular flexibility index (Phi) is 3.59. The first kappa shape index (κ1) is 13.7. The van der Waals surface area contributed by atoms with Crippen LogP contribution < -0.4 is 5.73 Å². The van der Waals surface area contributed by atoms with E-state index in [9.17, 15) is 0 Å². The summed E-state index contributed by atoms with van der Waals surface area (Å²) in [4.78, 5) is 0. The molecular formula is C16H20BrN3. The molecule has 0 bridgehead atoms. The van der Waals surface area contributed by atoms with Gasteiger partial charge in [0, 0.05) is 23.0 Å². The SMILES string of the molecule is CC1CCCC1c1nn(C)c(N)c1-c1ccc(Br)cc1. The highest BCUT2D eigenvalue weighted by molar-refractivity contribution is 9.10. The molecule has 1 aliphatic carbocycles. The standard InChI is InChI=1S/C16H20BrN3/c1-10-4-3-5-13(10)15-14(16(18)20(2)19-15)11-6-8-12(17)9-7-11/h6-10,13H,3-5,18H2,1-2H3. The maximum atomic E-state index is 6.28. The van der Waals surface area contributed by atoms with E-state index in [4.69, 9.17) is 10.8 Å². The number of hydrogen-bond donors (Lipinski definition) is 1. The van der Waals surface area contributed by atoms with E-state index in [1.165, 1.54) is 25.0 Å². The molecule has 1 aromatic heterocycles. The molecule has 0 spiro atoms. The molecule has 0 radical (unpaired) electrons. The summed E-state index contributed by atoms with van der Waals surface area (Å²) in [5.41, 5.74) is 9.74. The Morgan fingerprint density at radius 2 is 1.95 bits per heavy atom. The average molecular weight is 334 g/mol. The molecule has 1 heterocycles. The lowest BCUT2D eigenvalue weighted by atomic mass is 9.90. The lowest BCUT2D eigenvalue weighted by Gasteiger charge is -2.15. The van der Waals surface area contributed by atoms with Gasteiger partial charge >= 0.3 is 0 Å². The van der Waals surface area contributed by atoms with Crippen molar-refractivity contribution in [2.45, 2.75) is 32.1 Å². The fourth-order valence-electron chi connectivity index (χ4n) is 3.28. The number of aryl methyl sites for hydroxylation is 1. The fraction of sp³-hybridized carbons (Fsp3) is 0.438. The van der Waals surface area contributed by atoms with Crippen molar-refractivity contribution >= 4 is 21.7 Å². The van der Waals surface area contributed by atoms with Gasteiger partial charge in [-0.05, 0) is 30.0 Å². The molecule has 0 aliphatic heterocycles. The van der Waals surface area contributed by atoms with Crippen molar-refractivity contribution in [2.75, 3.05) is 5.73 Å². The molecule has 106 valence electrons. The van der Waals surface area contributed by atoms with Gasteiger partial charge in [-0.3, -0.25) is 4.68 Å². The maximum absolute atomic E-state index is 6.28. The molecule has 0 amide bonds. The number of nitrogens with two attached hydrogens (primary N) is 1. The van der Waals surface area contributed by atoms with Crippen LogP contribution >= 0.6 is 15.9 Å². The van der Waals surface area contributed by atoms with E-state index in [0.29, 0.717) is 11.8 Å². The second-order valence-corrected chi connectivity index (χ2v) is 6.71. The number of anilines is 1. The third-order valence-electron chi connectivity index (χ3n) is 4.46. The summed E-state index contributed by atoms with van der Waals surface area (Å²) in [6, 6.07) is 8.34. The predicted molar refractivity (Wildman–Crippen MR) is 86.5 cm³/mol. The minimum Gasteiger partial charge on any atom is -0.383 e. The van der Waals surface area contributed by atoms with Crippen LogP contribution in [0.25, 0.3) is 11.1 Å². The van der Waals surface area contributed by atoms with Crippen LogP contribution in [-0.4, -0.2) is 9.78 Å². The van der Waals surface area contributed by atoms with Gasteiger partial charge in [-0.1, -0.05) is 47.8 Å². The van der Waals surface area contributed by atoms with E-state index in [1.54, 1.807) is 0 Å². The normalized spacial score (nSPS) is 22.4. The first-order valence-corrected chi connectivity index (χ1v) is 7.95. The predicted octanol–water partition coefficient (Wildman–Crippen LogP) is 4.34. The van der Waals surface area contributed by atoms with Crippen molar-refractivity contribution < 1.29 is 0 Å². The Balaban J connectivity index is 2.11. The van der Waals surface area contributed by atoms with Crippen molar-refractivity contribution in [1.29, 1.82) is 0 Å². The zero-order valence-corrected chi connectivity index (χ0v) is 13.5. The maximum Gasteiger partial charge on any atom is 0.129 e. The van der Waals surface area contributed by atoms with E-state index in [2.05, 4.69) is 47.1 Å². The van der Waals surface area contributed by atoms with Gasteiger partial charge in [-0.25, -0.2) is 0 Å². The van der Waals surface area contributed by atoms with Gasteiger partial charge in [-0.15, -0.1) is 0 Å². The van der Waals surface area contributed by atoms with Crippen LogP contribution in [0.15, 0.2) is 28.7 Å². The average Bonchev–Trinajstić information content (AvgIpc) is 2.96. The zero-order valence-electron chi connectivity index (χ0n) is 11.9. The van der Waals surface area contributed by atoms with Crippen LogP contribution in [0, 0.1) is 5.92 Å². The molecular weight excluding hydrogens is 314 g/mol. The van der Waals surface area contributed by atoms with Crippen molar-refractivity contribution in [3.8, 4) is 11.1 Å². The van der Waals surface area contributed by atoms with Crippen molar-refractivity contribution in [3.05, 3.63) is 34.4 Å². The number of rotatable bonds is 2. The topological polar surface area (TPSA) is 43.8 Å². The minimum atomic E-state index is 0.539. The molecule has 1 aliphatic rings. The monoisotopic (exact) mass is 333 g/mol. The molecule has 20 heavy (non-hydrogen) atoms. The first-order chi connectivity index (χ1) is 9.58. The summed E-state index contributed by atoms with van der Waals surface area (Å²) in [5, 5.41) is 4.72. The van der Waals surface area contributed by atoms with Gasteiger partial charge in [-0.2, -0.15) is 5.10 Å². The number of hydrogen-bond acceptors (Lipinski definition) is 2. The Morgan fingerprint density at radius 3 is 2.55 bits per heavy atom. The van der Waals surface area contributed by atoms with Crippen molar-refractivity contribution in [3.63, 3.8) is 0 Å². The highest BCUT2D eigenvalue weighted by Crippen LogP contribution is 2.44. The summed E-state index contributed by atoms with van der Waals surface area (Å²) in [5.74, 6) is 2.00. The molecule has 3 rings (SSSR count). The number of halogens is 1. The lowest BCUT2D eigenvalue weighted by Crippen LogP contribution is -2.05. The molecule has 1 saturated carbocycles. The summed E-state index contributed by atoms with van der Waals surface area (Å²) in [6.45, 7) is 2.33. The van der Waals surface area contributed by atoms with E-state index in [-0.39, 0.29) is 0 Å². The molecule has 1 aromatic carbocycles. The Labute approximate surface area is 128 Å². The summed E-state index contributed by atoms with van der Waals surface area (Å²) >= 11 is 3.48. The van der Waals surface area contributed by atoms with Gasteiger partial charge in [0.05, 0.1) is 5.69 Å². The molecule has 0 saturated heterocycles. The Hall–Kier alpha value is -1.29. The van der Waals surface area contributed by atoms with Crippen molar-refractivity contribution in [1.82, 2.24) is 9.78 Å². The first-order valence-electron chi connectivity index (χ1n) is 7.16. The van der Waals surface area contributed by atoms with Gasteiger partial charge < -0.3 is 5.73 Å². The number of aromatic nitrogens is 2. The second-order valence-electron chi connectivity index (χ2n) is 5.79. The number of nitrogens with zero attached hydrogens (tertiary/aromatic N) is 2. The largest absolute Gasteiger partial charge is 0.383 e. The van der Waals surface area contributed by atoms with Crippen LogP contribution in [0.4, 0.5) is 5.82 Å². The summed E-state index contributed by atoms with van der Waals surface area (Å²) < 4.78 is 2.90. The van der Waals surface area contributed by atoms with E-state index in [1.807, 2.05) is 11.7 Å². The highest BCUT2D eigenvalue weighted by atomic mass is 79.9. The fourth-order valence-corrected chi connectivity index (χ4v) is 3.55. The van der Waals surface area contributed by atoms with Crippen LogP contribution in [0.2, 0.25) is 0 Å². The number of nitrogen functional groups attached to an aromatic ring is 1. The molecule has 2 aromatic rings. The Morgan fingerprint density at radius 1 is 1.25 bits per heavy atom. The van der Waals surface area contributed by atoms with Crippen LogP contribution in [0.3, 0.4) is 0 Å². The second kappa shape index (κ2) is 5.24. The third kappa shape index (κ3) is 2.26. The van der Waals surface area contributed by atoms with Gasteiger partial charge in [0.1, 0.15) is 5.82 Å². The lowest BCUT2D eigenvalue weighted by molar-refractivity contribution is 0.516. The summed E-state index contributed by atoms with van der Waals surface area (Å²) in [6.07, 6.45) is 3.81. The molecule has 2 atom stereocenters. The minimum absolute atomic E-state index is 0.539. The highest BCUT2D eigenvalue weighted by Gasteiger charge is 2.31. The van der Waals surface area contributed by atoms with E-state index >= 15 is 0 Å². The van der Waals surface area contributed by atoms with Gasteiger partial charge in [0.2, 0.25) is 0 Å². The third-order valence-corrected chi connectivity index (χ3v) is 4.99. The van der Waals surface area contributed by atoms with Crippen molar-refractivity contribution in [2.24, 2.45) is 13.0 Å². The zero-order chi connectivity index (χ0) is 14.3. The summed E-state index contributed by atoms with van der Waals surface area (Å²) in [7, 11) is 1.93.